The van der Waals surface area contributed by atoms with Gasteiger partial charge in [-0.25, -0.2) is 0 Å². The molecular weight excluding hydrogens is 356 g/mol. The Kier molecular flexibility index (Phi) is 4.14. The zero-order valence-electron chi connectivity index (χ0n) is 13.0. The van der Waals surface area contributed by atoms with Crippen LogP contribution in [0.25, 0.3) is 16.3 Å². The normalized spacial score (nSPS) is 13.6. The SMILES string of the molecule is C#CCn1c(=NC(=O)/C=C/c2cccs2)sc2cc3c(cc21)OCO3. The number of ether oxygens (including phenoxy) is 2. The molecule has 0 radical (unpaired) electrons. The molecule has 0 saturated heterocycles. The Hall–Kier alpha value is -2.82. The summed E-state index contributed by atoms with van der Waals surface area (Å²) in [6.45, 7) is 0.533. The van der Waals surface area contributed by atoms with Gasteiger partial charge in [-0.15, -0.1) is 17.8 Å². The number of aromatic nitrogens is 1. The van der Waals surface area contributed by atoms with Crippen LogP contribution < -0.4 is 14.3 Å². The molecule has 25 heavy (non-hydrogen) atoms. The van der Waals surface area contributed by atoms with Crippen LogP contribution in [0.1, 0.15) is 4.88 Å². The molecule has 1 aliphatic rings. The average molecular weight is 368 g/mol. The number of thiazole rings is 1. The van der Waals surface area contributed by atoms with Crippen molar-refractivity contribution in [2.24, 2.45) is 4.99 Å². The molecule has 0 atom stereocenters. The van der Waals surface area contributed by atoms with Gasteiger partial charge in [0.05, 0.1) is 16.8 Å². The van der Waals surface area contributed by atoms with E-state index in [9.17, 15) is 4.79 Å². The molecule has 1 aliphatic heterocycles. The zero-order valence-corrected chi connectivity index (χ0v) is 14.6. The number of carbonyl (C=O) groups excluding carboxylic acids is 1. The third kappa shape index (κ3) is 3.09. The van der Waals surface area contributed by atoms with Crippen molar-refractivity contribution in [2.45, 2.75) is 6.54 Å². The van der Waals surface area contributed by atoms with E-state index in [2.05, 4.69) is 10.9 Å². The summed E-state index contributed by atoms with van der Waals surface area (Å²) < 4.78 is 13.6. The first-order valence-corrected chi connectivity index (χ1v) is 9.11. The van der Waals surface area contributed by atoms with Crippen molar-refractivity contribution in [3.63, 3.8) is 0 Å². The summed E-state index contributed by atoms with van der Waals surface area (Å²) in [4.78, 5) is 17.9. The maximum atomic E-state index is 12.2. The van der Waals surface area contributed by atoms with Crippen molar-refractivity contribution in [3.8, 4) is 23.8 Å². The van der Waals surface area contributed by atoms with E-state index in [1.54, 1.807) is 17.4 Å². The van der Waals surface area contributed by atoms with Gasteiger partial charge in [-0.3, -0.25) is 4.79 Å². The second kappa shape index (κ2) is 6.59. The molecule has 2 aromatic heterocycles. The van der Waals surface area contributed by atoms with Crippen molar-refractivity contribution >= 4 is 44.9 Å². The number of terminal acetylenes is 1. The molecule has 0 N–H and O–H groups in total. The van der Waals surface area contributed by atoms with Gasteiger partial charge >= 0.3 is 0 Å². The van der Waals surface area contributed by atoms with Gasteiger partial charge in [-0.05, 0) is 17.5 Å². The van der Waals surface area contributed by atoms with Gasteiger partial charge < -0.3 is 14.0 Å². The second-order valence-corrected chi connectivity index (χ2v) is 7.14. The second-order valence-electron chi connectivity index (χ2n) is 5.15. The molecule has 0 saturated carbocycles. The Labute approximate surface area is 151 Å². The predicted octanol–water partition coefficient (Wildman–Crippen LogP) is 3.27. The Morgan fingerprint density at radius 3 is 3.00 bits per heavy atom. The van der Waals surface area contributed by atoms with Crippen LogP contribution in [0, 0.1) is 12.3 Å². The molecule has 124 valence electrons. The summed E-state index contributed by atoms with van der Waals surface area (Å²) >= 11 is 2.96. The molecule has 3 heterocycles. The first-order valence-electron chi connectivity index (χ1n) is 7.41. The first kappa shape index (κ1) is 15.7. The number of hydrogen-bond acceptors (Lipinski definition) is 5. The number of fused-ring (bicyclic) bond motifs is 2. The fraction of sp³-hybridized carbons (Fsp3) is 0.111. The summed E-state index contributed by atoms with van der Waals surface area (Å²) in [6.07, 6.45) is 8.70. The third-order valence-electron chi connectivity index (χ3n) is 3.57. The topological polar surface area (TPSA) is 52.8 Å². The molecule has 5 nitrogen and oxygen atoms in total. The van der Waals surface area contributed by atoms with Gasteiger partial charge in [0.1, 0.15) is 0 Å². The van der Waals surface area contributed by atoms with Crippen LogP contribution in [0.4, 0.5) is 0 Å². The summed E-state index contributed by atoms with van der Waals surface area (Å²) in [5, 5.41) is 1.96. The predicted molar refractivity (Wildman–Crippen MR) is 98.7 cm³/mol. The molecule has 0 unspecified atom stereocenters. The number of nitrogens with zero attached hydrogens (tertiary/aromatic N) is 2. The lowest BCUT2D eigenvalue weighted by Crippen LogP contribution is -2.15. The van der Waals surface area contributed by atoms with Crippen molar-refractivity contribution in [2.75, 3.05) is 6.79 Å². The molecule has 1 amide bonds. The minimum absolute atomic E-state index is 0.213. The summed E-state index contributed by atoms with van der Waals surface area (Å²) in [5.74, 6) is 3.64. The van der Waals surface area contributed by atoms with Crippen LogP contribution in [0.3, 0.4) is 0 Å². The number of rotatable bonds is 3. The Balaban J connectivity index is 1.76. The van der Waals surface area contributed by atoms with E-state index in [0.717, 1.165) is 15.1 Å². The van der Waals surface area contributed by atoms with Crippen LogP contribution in [-0.4, -0.2) is 17.3 Å². The number of hydrogen-bond donors (Lipinski definition) is 0. The largest absolute Gasteiger partial charge is 0.454 e. The van der Waals surface area contributed by atoms with Crippen molar-refractivity contribution in [1.29, 1.82) is 0 Å². The highest BCUT2D eigenvalue weighted by atomic mass is 32.1. The quantitative estimate of drug-likeness (QED) is 0.527. The average Bonchev–Trinajstić information content (AvgIpc) is 3.32. The van der Waals surface area contributed by atoms with Crippen LogP contribution in [0.2, 0.25) is 0 Å². The highest BCUT2D eigenvalue weighted by molar-refractivity contribution is 7.16. The third-order valence-corrected chi connectivity index (χ3v) is 5.44. The van der Waals surface area contributed by atoms with Gasteiger partial charge in [-0.2, -0.15) is 4.99 Å². The molecule has 0 bridgehead atoms. The molecule has 3 aromatic rings. The van der Waals surface area contributed by atoms with Gasteiger partial charge in [0.25, 0.3) is 5.91 Å². The van der Waals surface area contributed by atoms with Crippen LogP contribution >= 0.6 is 22.7 Å². The minimum Gasteiger partial charge on any atom is -0.454 e. The van der Waals surface area contributed by atoms with E-state index in [-0.39, 0.29) is 12.7 Å². The molecule has 4 rings (SSSR count). The van der Waals surface area contributed by atoms with E-state index in [1.165, 1.54) is 17.4 Å². The van der Waals surface area contributed by atoms with E-state index < -0.39 is 0 Å². The lowest BCUT2D eigenvalue weighted by Gasteiger charge is -2.00. The van der Waals surface area contributed by atoms with Gasteiger partial charge in [0.2, 0.25) is 6.79 Å². The zero-order chi connectivity index (χ0) is 17.2. The smallest absolute Gasteiger partial charge is 0.272 e. The minimum atomic E-state index is -0.328. The first-order chi connectivity index (χ1) is 12.2. The van der Waals surface area contributed by atoms with Gasteiger partial charge in [-0.1, -0.05) is 23.3 Å². The summed E-state index contributed by atoms with van der Waals surface area (Å²) in [6, 6.07) is 7.63. The van der Waals surface area contributed by atoms with E-state index in [4.69, 9.17) is 15.9 Å². The van der Waals surface area contributed by atoms with Crippen molar-refractivity contribution in [3.05, 3.63) is 45.4 Å². The van der Waals surface area contributed by atoms with Crippen molar-refractivity contribution in [1.82, 2.24) is 4.57 Å². The number of thiophene rings is 1. The lowest BCUT2D eigenvalue weighted by molar-refractivity contribution is -0.113. The Bertz CT molecular complexity index is 1080. The van der Waals surface area contributed by atoms with Crippen LogP contribution in [-0.2, 0) is 11.3 Å². The maximum absolute atomic E-state index is 12.2. The highest BCUT2D eigenvalue weighted by Crippen LogP contribution is 2.36. The maximum Gasteiger partial charge on any atom is 0.272 e. The van der Waals surface area contributed by atoms with Crippen LogP contribution in [0.5, 0.6) is 11.5 Å². The molecule has 7 heteroatoms. The summed E-state index contributed by atoms with van der Waals surface area (Å²) in [7, 11) is 0. The Morgan fingerprint density at radius 1 is 1.40 bits per heavy atom. The summed E-state index contributed by atoms with van der Waals surface area (Å²) in [5.41, 5.74) is 0.876. The fourth-order valence-corrected chi connectivity index (χ4v) is 4.12. The monoisotopic (exact) mass is 368 g/mol. The van der Waals surface area contributed by atoms with E-state index in [1.807, 2.05) is 34.2 Å². The molecule has 1 aromatic carbocycles. The fourth-order valence-electron chi connectivity index (χ4n) is 2.46. The standard InChI is InChI=1S/C18H12N2O3S2/c1-2-7-20-13-9-14-15(23-11-22-14)10-16(13)25-18(20)19-17(21)6-5-12-4-3-8-24-12/h1,3-6,8-10H,7,11H2/b6-5+,19-18?. The van der Waals surface area contributed by atoms with Gasteiger partial charge in [0, 0.05) is 23.1 Å². The molecule has 0 spiro atoms. The number of amides is 1. The molecule has 0 fully saturated rings. The molecule has 0 aliphatic carbocycles. The highest BCUT2D eigenvalue weighted by Gasteiger charge is 2.17. The van der Waals surface area contributed by atoms with Gasteiger partial charge in [0.15, 0.2) is 16.3 Å². The number of benzene rings is 1. The van der Waals surface area contributed by atoms with E-state index in [0.29, 0.717) is 22.8 Å². The van der Waals surface area contributed by atoms with Crippen LogP contribution in [0.15, 0.2) is 40.7 Å². The van der Waals surface area contributed by atoms with E-state index >= 15 is 0 Å². The Morgan fingerprint density at radius 2 is 2.24 bits per heavy atom. The lowest BCUT2D eigenvalue weighted by atomic mass is 10.3. The molecular formula is C18H12N2O3S2. The number of carbonyl (C=O) groups is 1. The van der Waals surface area contributed by atoms with Crippen molar-refractivity contribution < 1.29 is 14.3 Å².